The van der Waals surface area contributed by atoms with Crippen LogP contribution in [0.3, 0.4) is 0 Å². The van der Waals surface area contributed by atoms with Crippen LogP contribution < -0.4 is 4.90 Å². The third-order valence-electron chi connectivity index (χ3n) is 4.53. The number of tetrazole rings is 1. The van der Waals surface area contributed by atoms with Crippen LogP contribution in [0, 0.1) is 0 Å². The molecule has 0 saturated carbocycles. The van der Waals surface area contributed by atoms with Crippen LogP contribution >= 0.6 is 11.3 Å². The van der Waals surface area contributed by atoms with Gasteiger partial charge in [0.05, 0.1) is 12.0 Å². The van der Waals surface area contributed by atoms with Gasteiger partial charge in [0.25, 0.3) is 5.78 Å². The highest BCUT2D eigenvalue weighted by Crippen LogP contribution is 2.39. The zero-order valence-electron chi connectivity index (χ0n) is 13.9. The fraction of sp³-hybridized carbons (Fsp3) is 0.600. The topological polar surface area (TPSA) is 82.7 Å². The first-order valence-corrected chi connectivity index (χ1v) is 9.11. The van der Waals surface area contributed by atoms with Crippen LogP contribution in [0.5, 0.6) is 0 Å². The van der Waals surface area contributed by atoms with Gasteiger partial charge in [-0.1, -0.05) is 12.0 Å². The van der Waals surface area contributed by atoms with Crippen molar-refractivity contribution < 1.29 is 5.11 Å². The van der Waals surface area contributed by atoms with Gasteiger partial charge in [-0.05, 0) is 35.4 Å². The maximum absolute atomic E-state index is 9.31. The summed E-state index contributed by atoms with van der Waals surface area (Å²) >= 11 is 1.76. The maximum atomic E-state index is 9.31. The number of likely N-dealkylation sites (N-methyl/N-ethyl adjacent to an activating group) is 1. The Morgan fingerprint density at radius 2 is 2.25 bits per heavy atom. The molecule has 0 saturated heterocycles. The molecule has 9 heteroatoms. The molecule has 0 amide bonds. The zero-order valence-corrected chi connectivity index (χ0v) is 14.8. The molecule has 1 N–H and O–H groups in total. The number of fused-ring (bicyclic) bond motifs is 5. The standard InChI is InChI=1S/C15H21N7OS/c1-3-5-21-6-4-10-11(9-21)24-14-12(10)13(20(2)7-8-23)16-15-17-18-19-22(14)15/h23H,3-9H2,1-2H3. The Labute approximate surface area is 143 Å². The van der Waals surface area contributed by atoms with E-state index in [0.29, 0.717) is 12.3 Å². The van der Waals surface area contributed by atoms with Crippen LogP contribution in [0.25, 0.3) is 16.0 Å². The van der Waals surface area contributed by atoms with Gasteiger partial charge in [0.2, 0.25) is 0 Å². The molecule has 4 heterocycles. The zero-order chi connectivity index (χ0) is 16.7. The largest absolute Gasteiger partial charge is 0.395 e. The number of aliphatic hydroxyl groups excluding tert-OH is 1. The second kappa shape index (κ2) is 6.23. The molecule has 1 aliphatic heterocycles. The van der Waals surface area contributed by atoms with Crippen molar-refractivity contribution in [3.05, 3.63) is 10.4 Å². The Morgan fingerprint density at radius 1 is 1.38 bits per heavy atom. The van der Waals surface area contributed by atoms with E-state index in [0.717, 1.165) is 42.1 Å². The van der Waals surface area contributed by atoms with Crippen LogP contribution in [0.1, 0.15) is 23.8 Å². The minimum atomic E-state index is 0.0897. The van der Waals surface area contributed by atoms with Gasteiger partial charge in [-0.25, -0.2) is 0 Å². The van der Waals surface area contributed by atoms with Crippen LogP contribution in [-0.2, 0) is 13.0 Å². The Morgan fingerprint density at radius 3 is 3.04 bits per heavy atom. The number of anilines is 1. The number of nitrogens with zero attached hydrogens (tertiary/aromatic N) is 7. The first-order valence-electron chi connectivity index (χ1n) is 8.29. The second-order valence-electron chi connectivity index (χ2n) is 6.18. The number of hydrogen-bond acceptors (Lipinski definition) is 8. The lowest BCUT2D eigenvalue weighted by Crippen LogP contribution is -2.30. The minimum Gasteiger partial charge on any atom is -0.395 e. The molecular weight excluding hydrogens is 326 g/mol. The average Bonchev–Trinajstić information content (AvgIpc) is 3.18. The van der Waals surface area contributed by atoms with Crippen molar-refractivity contribution >= 4 is 33.1 Å². The molecule has 8 nitrogen and oxygen atoms in total. The van der Waals surface area contributed by atoms with E-state index in [9.17, 15) is 5.11 Å². The van der Waals surface area contributed by atoms with Crippen molar-refractivity contribution in [3.8, 4) is 0 Å². The lowest BCUT2D eigenvalue weighted by molar-refractivity contribution is 0.258. The van der Waals surface area contributed by atoms with Crippen molar-refractivity contribution in [2.45, 2.75) is 26.3 Å². The molecule has 0 aliphatic carbocycles. The van der Waals surface area contributed by atoms with Gasteiger partial charge in [0, 0.05) is 31.6 Å². The fourth-order valence-corrected chi connectivity index (χ4v) is 4.72. The van der Waals surface area contributed by atoms with Gasteiger partial charge in [-0.15, -0.1) is 11.3 Å². The molecule has 0 atom stereocenters. The van der Waals surface area contributed by atoms with Gasteiger partial charge >= 0.3 is 0 Å². The summed E-state index contributed by atoms with van der Waals surface area (Å²) in [7, 11) is 1.95. The number of hydrogen-bond donors (Lipinski definition) is 1. The highest BCUT2D eigenvalue weighted by Gasteiger charge is 2.26. The molecule has 24 heavy (non-hydrogen) atoms. The fourth-order valence-electron chi connectivity index (χ4n) is 3.40. The molecule has 0 fully saturated rings. The molecule has 0 radical (unpaired) electrons. The molecule has 1 aliphatic rings. The number of aromatic nitrogens is 5. The van der Waals surface area contributed by atoms with Gasteiger partial charge in [0.15, 0.2) is 0 Å². The van der Waals surface area contributed by atoms with E-state index in [2.05, 4.69) is 32.3 Å². The van der Waals surface area contributed by atoms with Crippen molar-refractivity contribution in [2.24, 2.45) is 0 Å². The molecule has 3 aromatic heterocycles. The smallest absolute Gasteiger partial charge is 0.276 e. The lowest BCUT2D eigenvalue weighted by atomic mass is 10.0. The SMILES string of the molecule is CCCN1CCc2c(sc3c2c(N(C)CCO)nc2nnnn23)C1. The van der Waals surface area contributed by atoms with E-state index in [4.69, 9.17) is 0 Å². The first-order chi connectivity index (χ1) is 11.7. The van der Waals surface area contributed by atoms with Gasteiger partial charge in [0.1, 0.15) is 10.6 Å². The Hall–Kier alpha value is -1.84. The molecule has 0 aromatic carbocycles. The van der Waals surface area contributed by atoms with E-state index in [1.54, 1.807) is 15.9 Å². The van der Waals surface area contributed by atoms with Crippen molar-refractivity contribution in [2.75, 3.05) is 38.2 Å². The van der Waals surface area contributed by atoms with E-state index in [1.165, 1.54) is 16.9 Å². The summed E-state index contributed by atoms with van der Waals surface area (Å²) in [4.78, 5) is 11.6. The summed E-state index contributed by atoms with van der Waals surface area (Å²) in [5, 5.41) is 22.4. The average molecular weight is 347 g/mol. The minimum absolute atomic E-state index is 0.0897. The molecule has 3 aromatic rings. The summed E-state index contributed by atoms with van der Waals surface area (Å²) in [6.45, 7) is 6.03. The second-order valence-corrected chi connectivity index (χ2v) is 7.26. The predicted molar refractivity (Wildman–Crippen MR) is 93.6 cm³/mol. The third kappa shape index (κ3) is 2.43. The summed E-state index contributed by atoms with van der Waals surface area (Å²) in [5.41, 5.74) is 1.37. The number of thiophene rings is 1. The molecule has 4 rings (SSSR count). The number of rotatable bonds is 5. The molecule has 0 spiro atoms. The summed E-state index contributed by atoms with van der Waals surface area (Å²) < 4.78 is 1.73. The number of aliphatic hydroxyl groups is 1. The summed E-state index contributed by atoms with van der Waals surface area (Å²) in [6, 6.07) is 0. The van der Waals surface area contributed by atoms with Crippen LogP contribution in [0.15, 0.2) is 0 Å². The monoisotopic (exact) mass is 347 g/mol. The van der Waals surface area contributed by atoms with E-state index >= 15 is 0 Å². The van der Waals surface area contributed by atoms with Crippen LogP contribution in [0.2, 0.25) is 0 Å². The predicted octanol–water partition coefficient (Wildman–Crippen LogP) is 0.931. The van der Waals surface area contributed by atoms with Crippen molar-refractivity contribution in [1.82, 2.24) is 29.9 Å². The summed E-state index contributed by atoms with van der Waals surface area (Å²) in [6.07, 6.45) is 2.19. The lowest BCUT2D eigenvalue weighted by Gasteiger charge is -2.26. The van der Waals surface area contributed by atoms with Crippen LogP contribution in [-0.4, -0.2) is 68.3 Å². The molecule has 0 bridgehead atoms. The van der Waals surface area contributed by atoms with Gasteiger partial charge in [-0.2, -0.15) is 9.50 Å². The summed E-state index contributed by atoms with van der Waals surface area (Å²) in [5.74, 6) is 1.37. The normalized spacial score (nSPS) is 15.3. The Kier molecular flexibility index (Phi) is 4.07. The van der Waals surface area contributed by atoms with E-state index < -0.39 is 0 Å². The third-order valence-corrected chi connectivity index (χ3v) is 5.72. The Bertz CT molecular complexity index is 874. The first kappa shape index (κ1) is 15.7. The highest BCUT2D eigenvalue weighted by molar-refractivity contribution is 7.19. The van der Waals surface area contributed by atoms with Crippen molar-refractivity contribution in [1.29, 1.82) is 0 Å². The molecular formula is C15H21N7OS. The highest BCUT2D eigenvalue weighted by atomic mass is 32.1. The van der Waals surface area contributed by atoms with E-state index in [-0.39, 0.29) is 6.61 Å². The van der Waals surface area contributed by atoms with E-state index in [1.807, 2.05) is 11.9 Å². The molecule has 128 valence electrons. The van der Waals surface area contributed by atoms with Crippen LogP contribution in [0.4, 0.5) is 5.82 Å². The molecule has 0 unspecified atom stereocenters. The Balaban J connectivity index is 1.91. The van der Waals surface area contributed by atoms with Crippen molar-refractivity contribution in [3.63, 3.8) is 0 Å². The quantitative estimate of drug-likeness (QED) is 0.735. The van der Waals surface area contributed by atoms with Gasteiger partial charge < -0.3 is 10.0 Å². The maximum Gasteiger partial charge on any atom is 0.276 e. The van der Waals surface area contributed by atoms with Gasteiger partial charge in [-0.3, -0.25) is 4.90 Å².